The number of hydrogen-bond donors (Lipinski definition) is 1. The van der Waals surface area contributed by atoms with Gasteiger partial charge in [0.25, 0.3) is 0 Å². The second-order valence-corrected chi connectivity index (χ2v) is 3.53. The van der Waals surface area contributed by atoms with Gasteiger partial charge in [-0.1, -0.05) is 0 Å². The number of thiocarbonyl (C=S) groups is 1. The fourth-order valence-corrected chi connectivity index (χ4v) is 1.02. The lowest BCUT2D eigenvalue weighted by molar-refractivity contribution is 0.628. The third kappa shape index (κ3) is 4.51. The summed E-state index contributed by atoms with van der Waals surface area (Å²) in [6.45, 7) is 0. The van der Waals surface area contributed by atoms with Gasteiger partial charge in [0.05, 0.1) is 6.34 Å². The van der Waals surface area contributed by atoms with Gasteiger partial charge in [-0.15, -0.1) is 0 Å². The molecule has 0 unspecified atom stereocenters. The van der Waals surface area contributed by atoms with Gasteiger partial charge in [0.2, 0.25) is 0 Å². The van der Waals surface area contributed by atoms with Gasteiger partial charge in [0.1, 0.15) is 5.82 Å². The van der Waals surface area contributed by atoms with Crippen LogP contribution >= 0.6 is 12.2 Å². The zero-order valence-electron chi connectivity index (χ0n) is 8.57. The molecule has 0 aliphatic heterocycles. The Morgan fingerprint density at radius 2 is 2.00 bits per heavy atom. The standard InChI is InChI=1S/C10H12FN3S/c1-14(2)7-12-10(15)13-9-5-3-8(11)4-6-9/h3-7H,1-2H3,(H,13,15)/b12-7+. The molecule has 1 rings (SSSR count). The highest BCUT2D eigenvalue weighted by atomic mass is 32.1. The fourth-order valence-electron chi connectivity index (χ4n) is 0.857. The zero-order chi connectivity index (χ0) is 11.3. The molecule has 0 aromatic heterocycles. The van der Waals surface area contributed by atoms with Crippen LogP contribution in [0.5, 0.6) is 0 Å². The Kier molecular flexibility index (Phi) is 4.17. The van der Waals surface area contributed by atoms with Crippen molar-refractivity contribution in [2.75, 3.05) is 19.4 Å². The maximum atomic E-state index is 12.6. The molecule has 0 aliphatic carbocycles. The van der Waals surface area contributed by atoms with Gasteiger partial charge in [-0.3, -0.25) is 0 Å². The summed E-state index contributed by atoms with van der Waals surface area (Å²) in [5.74, 6) is -0.275. The van der Waals surface area contributed by atoms with E-state index in [2.05, 4.69) is 10.3 Å². The quantitative estimate of drug-likeness (QED) is 0.474. The molecular weight excluding hydrogens is 213 g/mol. The molecule has 0 saturated carbocycles. The van der Waals surface area contributed by atoms with Crippen molar-refractivity contribution in [1.29, 1.82) is 0 Å². The van der Waals surface area contributed by atoms with Crippen LogP contribution in [0.1, 0.15) is 0 Å². The van der Waals surface area contributed by atoms with Crippen LogP contribution in [0, 0.1) is 5.82 Å². The van der Waals surface area contributed by atoms with Crippen LogP contribution in [-0.4, -0.2) is 30.4 Å². The van der Waals surface area contributed by atoms with E-state index in [9.17, 15) is 4.39 Å². The summed E-state index contributed by atoms with van der Waals surface area (Å²) in [4.78, 5) is 5.75. The molecule has 5 heteroatoms. The Morgan fingerprint density at radius 3 is 2.53 bits per heavy atom. The molecule has 1 aromatic carbocycles. The monoisotopic (exact) mass is 225 g/mol. The van der Waals surface area contributed by atoms with Gasteiger partial charge in [-0.2, -0.15) is 0 Å². The minimum absolute atomic E-state index is 0.275. The molecule has 0 bridgehead atoms. The normalized spacial score (nSPS) is 10.3. The highest BCUT2D eigenvalue weighted by Gasteiger charge is 1.95. The van der Waals surface area contributed by atoms with Crippen molar-refractivity contribution < 1.29 is 4.39 Å². The molecule has 0 fully saturated rings. The first-order valence-electron chi connectivity index (χ1n) is 4.35. The first-order chi connectivity index (χ1) is 7.08. The van der Waals surface area contributed by atoms with E-state index in [1.807, 2.05) is 14.1 Å². The number of benzene rings is 1. The summed E-state index contributed by atoms with van der Waals surface area (Å²) in [6, 6.07) is 5.93. The molecule has 80 valence electrons. The molecule has 0 saturated heterocycles. The topological polar surface area (TPSA) is 27.6 Å². The van der Waals surface area contributed by atoms with Gasteiger partial charge in [0, 0.05) is 19.8 Å². The van der Waals surface area contributed by atoms with Gasteiger partial charge in [-0.05, 0) is 36.5 Å². The van der Waals surface area contributed by atoms with Crippen LogP contribution < -0.4 is 5.32 Å². The number of rotatable bonds is 2. The molecular formula is C10H12FN3S. The first kappa shape index (κ1) is 11.6. The second kappa shape index (κ2) is 5.41. The van der Waals surface area contributed by atoms with Crippen molar-refractivity contribution in [3.63, 3.8) is 0 Å². The van der Waals surface area contributed by atoms with E-state index in [0.29, 0.717) is 5.11 Å². The van der Waals surface area contributed by atoms with E-state index in [4.69, 9.17) is 12.2 Å². The molecule has 0 aliphatic rings. The third-order valence-corrected chi connectivity index (χ3v) is 1.71. The van der Waals surface area contributed by atoms with Crippen LogP contribution in [0.2, 0.25) is 0 Å². The number of aliphatic imine (C=N–C) groups is 1. The van der Waals surface area contributed by atoms with E-state index < -0.39 is 0 Å². The summed E-state index contributed by atoms with van der Waals surface area (Å²) < 4.78 is 12.6. The number of nitrogens with one attached hydrogen (secondary N) is 1. The smallest absolute Gasteiger partial charge is 0.198 e. The van der Waals surface area contributed by atoms with Crippen LogP contribution in [0.3, 0.4) is 0 Å². The molecule has 0 radical (unpaired) electrons. The average Bonchev–Trinajstić information content (AvgIpc) is 2.19. The minimum atomic E-state index is -0.275. The fraction of sp³-hybridized carbons (Fsp3) is 0.200. The minimum Gasteiger partial charge on any atom is -0.369 e. The Morgan fingerprint density at radius 1 is 1.40 bits per heavy atom. The average molecular weight is 225 g/mol. The lowest BCUT2D eigenvalue weighted by atomic mass is 10.3. The van der Waals surface area contributed by atoms with Crippen molar-refractivity contribution in [3.05, 3.63) is 30.1 Å². The van der Waals surface area contributed by atoms with Crippen molar-refractivity contribution in [2.24, 2.45) is 4.99 Å². The highest BCUT2D eigenvalue weighted by Crippen LogP contribution is 2.08. The van der Waals surface area contributed by atoms with E-state index in [1.165, 1.54) is 12.1 Å². The van der Waals surface area contributed by atoms with Gasteiger partial charge >= 0.3 is 0 Å². The molecule has 15 heavy (non-hydrogen) atoms. The number of hydrogen-bond acceptors (Lipinski definition) is 1. The Bertz CT molecular complexity index is 359. The van der Waals surface area contributed by atoms with Crippen molar-refractivity contribution >= 4 is 29.4 Å². The highest BCUT2D eigenvalue weighted by molar-refractivity contribution is 7.80. The summed E-state index contributed by atoms with van der Waals surface area (Å²) in [5, 5.41) is 3.21. The Labute approximate surface area is 93.6 Å². The van der Waals surface area contributed by atoms with E-state index in [-0.39, 0.29) is 5.82 Å². The predicted molar refractivity (Wildman–Crippen MR) is 64.8 cm³/mol. The summed E-state index contributed by atoms with van der Waals surface area (Å²) >= 11 is 4.96. The van der Waals surface area contributed by atoms with Crippen LogP contribution in [-0.2, 0) is 0 Å². The Balaban J connectivity index is 2.55. The Hall–Kier alpha value is -1.49. The second-order valence-electron chi connectivity index (χ2n) is 3.15. The first-order valence-corrected chi connectivity index (χ1v) is 4.76. The number of halogens is 1. The number of anilines is 1. The van der Waals surface area contributed by atoms with Crippen molar-refractivity contribution in [2.45, 2.75) is 0 Å². The lowest BCUT2D eigenvalue weighted by Crippen LogP contribution is -2.12. The molecule has 0 amide bonds. The molecule has 0 atom stereocenters. The van der Waals surface area contributed by atoms with Gasteiger partial charge < -0.3 is 10.2 Å². The van der Waals surface area contributed by atoms with Gasteiger partial charge in [-0.25, -0.2) is 9.38 Å². The molecule has 1 aromatic rings. The van der Waals surface area contributed by atoms with Crippen LogP contribution in [0.4, 0.5) is 10.1 Å². The van der Waals surface area contributed by atoms with E-state index >= 15 is 0 Å². The third-order valence-electron chi connectivity index (χ3n) is 1.50. The molecule has 0 spiro atoms. The summed E-state index contributed by atoms with van der Waals surface area (Å²) in [5.41, 5.74) is 0.720. The predicted octanol–water partition coefficient (Wildman–Crippen LogP) is 2.11. The SMILES string of the molecule is CN(C)/C=N/C(=S)Nc1ccc(F)cc1. The molecule has 0 heterocycles. The molecule has 1 N–H and O–H groups in total. The van der Waals surface area contributed by atoms with Gasteiger partial charge in [0.15, 0.2) is 5.11 Å². The van der Waals surface area contributed by atoms with Crippen molar-refractivity contribution in [1.82, 2.24) is 4.90 Å². The van der Waals surface area contributed by atoms with E-state index in [1.54, 1.807) is 23.4 Å². The number of nitrogens with zero attached hydrogens (tertiary/aromatic N) is 2. The maximum absolute atomic E-state index is 12.6. The molecule has 3 nitrogen and oxygen atoms in total. The van der Waals surface area contributed by atoms with Crippen LogP contribution in [0.15, 0.2) is 29.3 Å². The summed E-state index contributed by atoms with van der Waals surface area (Å²) in [6.07, 6.45) is 1.60. The lowest BCUT2D eigenvalue weighted by Gasteiger charge is -2.05. The zero-order valence-corrected chi connectivity index (χ0v) is 9.38. The summed E-state index contributed by atoms with van der Waals surface area (Å²) in [7, 11) is 3.70. The van der Waals surface area contributed by atoms with Crippen LogP contribution in [0.25, 0.3) is 0 Å². The van der Waals surface area contributed by atoms with E-state index in [0.717, 1.165) is 5.69 Å². The maximum Gasteiger partial charge on any atom is 0.198 e. The van der Waals surface area contributed by atoms with Crippen molar-refractivity contribution in [3.8, 4) is 0 Å². The largest absolute Gasteiger partial charge is 0.369 e.